The summed E-state index contributed by atoms with van der Waals surface area (Å²) in [5, 5.41) is 2.54. The number of nitrogens with one attached hydrogen (secondary N) is 1. The number of hydrogen-bond acceptors (Lipinski definition) is 1. The number of rotatable bonds is 2. The van der Waals surface area contributed by atoms with Gasteiger partial charge in [-0.1, -0.05) is 31.9 Å². The quantitative estimate of drug-likeness (QED) is 0.681. The Hall–Kier alpha value is -1.34. The predicted octanol–water partition coefficient (Wildman–Crippen LogP) is 5.48. The summed E-state index contributed by atoms with van der Waals surface area (Å²) in [7, 11) is 0. The molecule has 1 N–H and O–H groups in total. The molecule has 0 aliphatic carbocycles. The largest absolute Gasteiger partial charge is 0.417 e. The fourth-order valence-corrected chi connectivity index (χ4v) is 2.36. The Labute approximate surface area is 135 Å². The molecule has 0 aliphatic heterocycles. The van der Waals surface area contributed by atoms with Crippen LogP contribution in [-0.4, -0.2) is 5.91 Å². The second-order valence-corrected chi connectivity index (χ2v) is 5.92. The van der Waals surface area contributed by atoms with Gasteiger partial charge in [0.15, 0.2) is 0 Å². The molecule has 0 saturated carbocycles. The summed E-state index contributed by atoms with van der Waals surface area (Å²) >= 11 is 6.09. The molecule has 0 unspecified atom stereocenters. The van der Waals surface area contributed by atoms with E-state index in [1.54, 1.807) is 24.3 Å². The van der Waals surface area contributed by atoms with Crippen molar-refractivity contribution in [1.82, 2.24) is 0 Å². The maximum atomic E-state index is 12.8. The molecule has 0 bridgehead atoms. The lowest BCUT2D eigenvalue weighted by atomic mass is 10.1. The van der Waals surface area contributed by atoms with Crippen molar-refractivity contribution in [2.75, 3.05) is 5.32 Å². The number of benzene rings is 2. The van der Waals surface area contributed by atoms with Gasteiger partial charge in [-0.05, 0) is 42.5 Å². The highest BCUT2D eigenvalue weighted by Crippen LogP contribution is 2.35. The van der Waals surface area contributed by atoms with Crippen LogP contribution in [0.5, 0.6) is 0 Å². The monoisotopic (exact) mass is 421 g/mol. The highest BCUT2D eigenvalue weighted by Gasteiger charge is 2.33. The second kappa shape index (κ2) is 6.19. The number of amides is 1. The molecule has 0 aromatic heterocycles. The van der Waals surface area contributed by atoms with Crippen molar-refractivity contribution < 1.29 is 18.0 Å². The van der Waals surface area contributed by atoms with Gasteiger partial charge < -0.3 is 5.32 Å². The average molecular weight is 423 g/mol. The van der Waals surface area contributed by atoms with E-state index in [0.717, 1.165) is 10.5 Å². The predicted molar refractivity (Wildman–Crippen MR) is 81.2 cm³/mol. The molecule has 2 nitrogen and oxygen atoms in total. The Balaban J connectivity index is 2.25. The van der Waals surface area contributed by atoms with Crippen LogP contribution in [0, 0.1) is 0 Å². The first-order chi connectivity index (χ1) is 9.77. The van der Waals surface area contributed by atoms with E-state index in [1.165, 1.54) is 12.1 Å². The summed E-state index contributed by atoms with van der Waals surface area (Å²) in [4.78, 5) is 12.0. The minimum Gasteiger partial charge on any atom is -0.322 e. The van der Waals surface area contributed by atoms with Crippen LogP contribution < -0.4 is 5.32 Å². The lowest BCUT2D eigenvalue weighted by molar-refractivity contribution is -0.138. The number of carbonyl (C=O) groups excluding carboxylic acids is 1. The third-order valence-corrected chi connectivity index (χ3v) is 3.86. The topological polar surface area (TPSA) is 29.1 Å². The van der Waals surface area contributed by atoms with E-state index in [-0.39, 0.29) is 10.0 Å². The molecule has 2 rings (SSSR count). The first-order valence-electron chi connectivity index (χ1n) is 5.71. The van der Waals surface area contributed by atoms with Crippen LogP contribution in [0.2, 0.25) is 0 Å². The molecule has 1 amide bonds. The smallest absolute Gasteiger partial charge is 0.322 e. The van der Waals surface area contributed by atoms with Gasteiger partial charge in [0, 0.05) is 20.2 Å². The maximum absolute atomic E-state index is 12.8. The number of alkyl halides is 3. The van der Waals surface area contributed by atoms with E-state index in [9.17, 15) is 18.0 Å². The van der Waals surface area contributed by atoms with Crippen LogP contribution in [0.1, 0.15) is 15.9 Å². The van der Waals surface area contributed by atoms with Gasteiger partial charge in [-0.3, -0.25) is 4.79 Å². The summed E-state index contributed by atoms with van der Waals surface area (Å²) in [5.41, 5.74) is -0.445. The Morgan fingerprint density at radius 3 is 2.19 bits per heavy atom. The van der Waals surface area contributed by atoms with Crippen molar-refractivity contribution >= 4 is 43.5 Å². The fourth-order valence-electron chi connectivity index (χ4n) is 1.62. The van der Waals surface area contributed by atoms with Gasteiger partial charge in [0.25, 0.3) is 5.91 Å². The van der Waals surface area contributed by atoms with Crippen LogP contribution in [0.3, 0.4) is 0 Å². The standard InChI is InChI=1S/C14H8Br2F3NO/c15-9-2-4-10(5-3-9)20-13(21)8-1-6-12(16)11(7-8)14(17,18)19/h1-7H,(H,20,21). The first kappa shape index (κ1) is 16.0. The maximum Gasteiger partial charge on any atom is 0.417 e. The highest BCUT2D eigenvalue weighted by atomic mass is 79.9. The summed E-state index contributed by atoms with van der Waals surface area (Å²) in [6, 6.07) is 10.1. The van der Waals surface area contributed by atoms with Crippen molar-refractivity contribution in [3.05, 3.63) is 62.5 Å². The van der Waals surface area contributed by atoms with E-state index in [4.69, 9.17) is 0 Å². The van der Waals surface area contributed by atoms with Crippen molar-refractivity contribution in [2.24, 2.45) is 0 Å². The van der Waals surface area contributed by atoms with Gasteiger partial charge in [-0.25, -0.2) is 0 Å². The number of halogens is 5. The zero-order valence-electron chi connectivity index (χ0n) is 10.3. The fraction of sp³-hybridized carbons (Fsp3) is 0.0714. The van der Waals surface area contributed by atoms with Gasteiger partial charge in [-0.15, -0.1) is 0 Å². The molecule has 2 aromatic carbocycles. The lowest BCUT2D eigenvalue weighted by Gasteiger charge is -2.11. The van der Waals surface area contributed by atoms with Gasteiger partial charge in [0.2, 0.25) is 0 Å². The Bertz CT molecular complexity index is 669. The second-order valence-electron chi connectivity index (χ2n) is 4.15. The molecule has 7 heteroatoms. The van der Waals surface area contributed by atoms with Crippen LogP contribution in [0.4, 0.5) is 18.9 Å². The van der Waals surface area contributed by atoms with Crippen LogP contribution >= 0.6 is 31.9 Å². The third-order valence-electron chi connectivity index (χ3n) is 2.64. The van der Waals surface area contributed by atoms with Crippen LogP contribution in [-0.2, 0) is 6.18 Å². The molecule has 0 fully saturated rings. The number of hydrogen-bond donors (Lipinski definition) is 1. The average Bonchev–Trinajstić information content (AvgIpc) is 2.40. The van der Waals surface area contributed by atoms with Crippen molar-refractivity contribution in [2.45, 2.75) is 6.18 Å². The molecular formula is C14H8Br2F3NO. The van der Waals surface area contributed by atoms with Gasteiger partial charge >= 0.3 is 6.18 Å². The van der Waals surface area contributed by atoms with Crippen molar-refractivity contribution in [3.8, 4) is 0 Å². The number of carbonyl (C=O) groups is 1. The van der Waals surface area contributed by atoms with E-state index < -0.39 is 17.6 Å². The summed E-state index contributed by atoms with van der Waals surface area (Å²) < 4.78 is 39.1. The molecule has 110 valence electrons. The molecule has 2 aromatic rings. The minimum atomic E-state index is -4.52. The highest BCUT2D eigenvalue weighted by molar-refractivity contribution is 9.10. The third kappa shape index (κ3) is 4.07. The molecule has 0 heterocycles. The van der Waals surface area contributed by atoms with E-state index in [2.05, 4.69) is 37.2 Å². The van der Waals surface area contributed by atoms with Crippen molar-refractivity contribution in [3.63, 3.8) is 0 Å². The molecule has 0 aliphatic rings. The Morgan fingerprint density at radius 1 is 1.00 bits per heavy atom. The summed E-state index contributed by atoms with van der Waals surface area (Å²) in [5.74, 6) is -0.602. The molecular weight excluding hydrogens is 415 g/mol. The van der Waals surface area contributed by atoms with Gasteiger partial charge in [0.05, 0.1) is 5.56 Å². The molecule has 0 spiro atoms. The molecule has 0 saturated heterocycles. The van der Waals surface area contributed by atoms with E-state index in [0.29, 0.717) is 5.69 Å². The van der Waals surface area contributed by atoms with Gasteiger partial charge in [0.1, 0.15) is 0 Å². The SMILES string of the molecule is O=C(Nc1ccc(Br)cc1)c1ccc(Br)c(C(F)(F)F)c1. The van der Waals surface area contributed by atoms with Crippen LogP contribution in [0.15, 0.2) is 51.4 Å². The van der Waals surface area contributed by atoms with E-state index >= 15 is 0 Å². The van der Waals surface area contributed by atoms with Crippen LogP contribution in [0.25, 0.3) is 0 Å². The zero-order valence-corrected chi connectivity index (χ0v) is 13.5. The Morgan fingerprint density at radius 2 is 1.62 bits per heavy atom. The summed E-state index contributed by atoms with van der Waals surface area (Å²) in [6.45, 7) is 0. The molecule has 0 atom stereocenters. The van der Waals surface area contributed by atoms with E-state index in [1.807, 2.05) is 0 Å². The van der Waals surface area contributed by atoms with Crippen molar-refractivity contribution in [1.29, 1.82) is 0 Å². The molecule has 21 heavy (non-hydrogen) atoms. The zero-order chi connectivity index (χ0) is 15.6. The lowest BCUT2D eigenvalue weighted by Crippen LogP contribution is -2.14. The first-order valence-corrected chi connectivity index (χ1v) is 7.29. The summed E-state index contributed by atoms with van der Waals surface area (Å²) in [6.07, 6.45) is -4.52. The van der Waals surface area contributed by atoms with Gasteiger partial charge in [-0.2, -0.15) is 13.2 Å². The minimum absolute atomic E-state index is 0.0616. The Kier molecular flexibility index (Phi) is 4.73. The molecule has 0 radical (unpaired) electrons. The normalized spacial score (nSPS) is 11.3. The number of anilines is 1.